The van der Waals surface area contributed by atoms with E-state index in [0.29, 0.717) is 44.8 Å². The van der Waals surface area contributed by atoms with Crippen LogP contribution >= 0.6 is 46.4 Å². The first-order valence-electron chi connectivity index (χ1n) is 11.6. The molecule has 0 unspecified atom stereocenters. The molecule has 0 saturated carbocycles. The molecule has 0 aliphatic carbocycles. The summed E-state index contributed by atoms with van der Waals surface area (Å²) < 4.78 is 20.6. The van der Waals surface area contributed by atoms with Crippen molar-refractivity contribution in [2.24, 2.45) is 0 Å². The molecule has 200 valence electrons. The second-order valence-electron chi connectivity index (χ2n) is 7.69. The topological polar surface area (TPSA) is 71.1 Å². The van der Waals surface area contributed by atoms with Gasteiger partial charge >= 0.3 is 11.9 Å². The molecular weight excluding hydrogens is 550 g/mol. The molecule has 0 aliphatic heterocycles. The molecule has 36 heavy (non-hydrogen) atoms. The summed E-state index contributed by atoms with van der Waals surface area (Å²) in [5, 5.41) is 1.60. The highest BCUT2D eigenvalue weighted by Crippen LogP contribution is 2.33. The van der Waals surface area contributed by atoms with E-state index >= 15 is 0 Å². The van der Waals surface area contributed by atoms with E-state index in [1.807, 2.05) is 13.8 Å². The van der Waals surface area contributed by atoms with Crippen molar-refractivity contribution in [3.8, 4) is 11.5 Å². The van der Waals surface area contributed by atoms with Crippen molar-refractivity contribution in [2.75, 3.05) is 26.4 Å². The average molecular weight is 582 g/mol. The van der Waals surface area contributed by atoms with Crippen molar-refractivity contribution in [3.63, 3.8) is 0 Å². The van der Waals surface area contributed by atoms with Crippen LogP contribution in [-0.2, 0) is 19.1 Å². The summed E-state index contributed by atoms with van der Waals surface area (Å²) in [6, 6.07) is 8.20. The van der Waals surface area contributed by atoms with Gasteiger partial charge in [-0.05, 0) is 49.6 Å². The van der Waals surface area contributed by atoms with Crippen molar-refractivity contribution >= 4 is 58.3 Å². The van der Waals surface area contributed by atoms with Crippen LogP contribution in [0.4, 0.5) is 0 Å². The van der Waals surface area contributed by atoms with Crippen LogP contribution < -0.4 is 9.47 Å². The molecule has 0 N–H and O–H groups in total. The summed E-state index contributed by atoms with van der Waals surface area (Å²) in [5.74, 6) is 0.189. The Bertz CT molecular complexity index is 968. The maximum atomic E-state index is 11.4. The predicted octanol–water partition coefficient (Wildman–Crippen LogP) is 8.13. The first-order chi connectivity index (χ1) is 17.2. The van der Waals surface area contributed by atoms with Gasteiger partial charge in [-0.3, -0.25) is 0 Å². The quantitative estimate of drug-likeness (QED) is 0.135. The van der Waals surface area contributed by atoms with Crippen LogP contribution in [0, 0.1) is 6.92 Å². The number of benzene rings is 2. The fourth-order valence-electron chi connectivity index (χ4n) is 2.61. The number of unbranched alkanes of at least 4 members (excludes halogenated alkanes) is 3. The third-order valence-corrected chi connectivity index (χ3v) is 5.83. The Kier molecular flexibility index (Phi) is 16.4. The lowest BCUT2D eigenvalue weighted by Crippen LogP contribution is -2.15. The molecule has 0 aromatic heterocycles. The molecule has 0 atom stereocenters. The Hall–Kier alpha value is -1.86. The number of carbonyl (C=O) groups excluding carboxylic acids is 2. The lowest BCUT2D eigenvalue weighted by atomic mass is 10.2. The zero-order valence-corrected chi connectivity index (χ0v) is 23.7. The molecule has 0 radical (unpaired) electrons. The first-order valence-corrected chi connectivity index (χ1v) is 13.2. The summed E-state index contributed by atoms with van der Waals surface area (Å²) in [7, 11) is 0. The van der Waals surface area contributed by atoms with E-state index in [4.69, 9.17) is 65.4 Å². The van der Waals surface area contributed by atoms with Gasteiger partial charge in [-0.15, -0.1) is 0 Å². The van der Waals surface area contributed by atoms with E-state index in [1.165, 1.54) is 12.1 Å². The number of esters is 2. The van der Waals surface area contributed by atoms with Gasteiger partial charge in [-0.1, -0.05) is 79.5 Å². The molecule has 0 spiro atoms. The van der Waals surface area contributed by atoms with E-state index in [1.54, 1.807) is 18.2 Å². The van der Waals surface area contributed by atoms with Gasteiger partial charge in [0.1, 0.15) is 11.5 Å². The lowest BCUT2D eigenvalue weighted by molar-refractivity contribution is -0.147. The number of aryl methyl sites for hydroxylation is 1. The van der Waals surface area contributed by atoms with Crippen LogP contribution in [-0.4, -0.2) is 38.4 Å². The van der Waals surface area contributed by atoms with Crippen LogP contribution in [0.3, 0.4) is 0 Å². The Morgan fingerprint density at radius 1 is 0.694 bits per heavy atom. The fourth-order valence-corrected chi connectivity index (χ4v) is 3.43. The highest BCUT2D eigenvalue weighted by Gasteiger charge is 2.10. The zero-order valence-electron chi connectivity index (χ0n) is 20.7. The van der Waals surface area contributed by atoms with Crippen LogP contribution in [0.5, 0.6) is 11.5 Å². The minimum Gasteiger partial charge on any atom is -0.482 e. The predicted molar refractivity (Wildman–Crippen MR) is 145 cm³/mol. The summed E-state index contributed by atoms with van der Waals surface area (Å²) in [6.07, 6.45) is 4.85. The first kappa shape index (κ1) is 32.2. The molecular formula is C26H32Cl4O6. The Morgan fingerprint density at radius 3 is 1.83 bits per heavy atom. The largest absolute Gasteiger partial charge is 0.482 e. The molecule has 0 amide bonds. The van der Waals surface area contributed by atoms with Crippen molar-refractivity contribution in [1.29, 1.82) is 0 Å². The van der Waals surface area contributed by atoms with Crippen LogP contribution in [0.25, 0.3) is 0 Å². The summed E-state index contributed by atoms with van der Waals surface area (Å²) in [6.45, 7) is 6.60. The van der Waals surface area contributed by atoms with Crippen molar-refractivity contribution < 1.29 is 28.5 Å². The number of hydrogen-bond donors (Lipinski definition) is 0. The Morgan fingerprint density at radius 2 is 1.25 bits per heavy atom. The van der Waals surface area contributed by atoms with E-state index in [0.717, 1.165) is 37.7 Å². The van der Waals surface area contributed by atoms with Gasteiger partial charge in [0, 0.05) is 11.1 Å². The number of halogens is 4. The minimum atomic E-state index is -0.432. The Labute approximate surface area is 233 Å². The molecule has 0 aliphatic rings. The minimum absolute atomic E-state index is 0.0633. The number of ether oxygens (including phenoxy) is 4. The standard InChI is InChI=1S/C13H15Cl3O3.C13H17ClO3/c1-2-3-4-5-18-13(17)8-19-12-7-10(15)9(14)6-11(12)16;1-3-4-7-16-13(15)9-17-12-6-5-11(14)8-10(12)2/h6-7H,2-5,8H2,1H3;5-6,8H,3-4,7,9H2,1-2H3. The molecule has 0 bridgehead atoms. The smallest absolute Gasteiger partial charge is 0.344 e. The van der Waals surface area contributed by atoms with Crippen molar-refractivity contribution in [3.05, 3.63) is 56.0 Å². The van der Waals surface area contributed by atoms with Crippen LogP contribution in [0.2, 0.25) is 20.1 Å². The average Bonchev–Trinajstić information content (AvgIpc) is 2.83. The van der Waals surface area contributed by atoms with E-state index in [9.17, 15) is 9.59 Å². The van der Waals surface area contributed by atoms with Gasteiger partial charge in [-0.2, -0.15) is 0 Å². The maximum absolute atomic E-state index is 11.4. The van der Waals surface area contributed by atoms with E-state index < -0.39 is 5.97 Å². The molecule has 0 fully saturated rings. The van der Waals surface area contributed by atoms with Crippen molar-refractivity contribution in [1.82, 2.24) is 0 Å². The van der Waals surface area contributed by atoms with E-state index in [-0.39, 0.29) is 19.2 Å². The Balaban J connectivity index is 0.000000362. The number of carbonyl (C=O) groups is 2. The lowest BCUT2D eigenvalue weighted by Gasteiger charge is -2.09. The van der Waals surface area contributed by atoms with Crippen LogP contribution in [0.1, 0.15) is 51.5 Å². The van der Waals surface area contributed by atoms with Gasteiger partial charge in [0.05, 0.1) is 28.3 Å². The highest BCUT2D eigenvalue weighted by molar-refractivity contribution is 6.43. The number of hydrogen-bond acceptors (Lipinski definition) is 6. The summed E-state index contributed by atoms with van der Waals surface area (Å²) in [4.78, 5) is 22.7. The monoisotopic (exact) mass is 580 g/mol. The van der Waals surface area contributed by atoms with Gasteiger partial charge < -0.3 is 18.9 Å². The maximum Gasteiger partial charge on any atom is 0.344 e. The van der Waals surface area contributed by atoms with Gasteiger partial charge in [0.15, 0.2) is 13.2 Å². The van der Waals surface area contributed by atoms with Gasteiger partial charge in [-0.25, -0.2) is 9.59 Å². The van der Waals surface area contributed by atoms with Gasteiger partial charge in [0.25, 0.3) is 0 Å². The molecule has 2 aromatic carbocycles. The highest BCUT2D eigenvalue weighted by atomic mass is 35.5. The normalized spacial score (nSPS) is 10.2. The SMILES string of the molecule is CCCCCOC(=O)COc1cc(Cl)c(Cl)cc1Cl.CCCCOC(=O)COc1ccc(Cl)cc1C. The summed E-state index contributed by atoms with van der Waals surface area (Å²) in [5.41, 5.74) is 0.902. The second kappa shape index (κ2) is 18.4. The third kappa shape index (κ3) is 13.4. The van der Waals surface area contributed by atoms with Crippen LogP contribution in [0.15, 0.2) is 30.3 Å². The fraction of sp³-hybridized carbons (Fsp3) is 0.462. The van der Waals surface area contributed by atoms with Crippen molar-refractivity contribution in [2.45, 2.75) is 52.9 Å². The molecule has 0 heterocycles. The third-order valence-electron chi connectivity index (χ3n) is 4.57. The molecule has 0 saturated heterocycles. The van der Waals surface area contributed by atoms with E-state index in [2.05, 4.69) is 6.92 Å². The molecule has 10 heteroatoms. The number of rotatable bonds is 13. The second-order valence-corrected chi connectivity index (χ2v) is 9.34. The van der Waals surface area contributed by atoms with Gasteiger partial charge in [0.2, 0.25) is 0 Å². The molecule has 2 aromatic rings. The summed E-state index contributed by atoms with van der Waals surface area (Å²) >= 11 is 23.3. The zero-order chi connectivity index (χ0) is 26.9. The molecule has 2 rings (SSSR count). The molecule has 6 nitrogen and oxygen atoms in total.